The van der Waals surface area contributed by atoms with Crippen LogP contribution in [-0.4, -0.2) is 37.8 Å². The first-order chi connectivity index (χ1) is 7.65. The van der Waals surface area contributed by atoms with E-state index >= 15 is 0 Å². The molecule has 0 unspecified atom stereocenters. The average Bonchev–Trinajstić information content (AvgIpc) is 2.70. The maximum atomic E-state index is 11.1. The van der Waals surface area contributed by atoms with Gasteiger partial charge in [0.2, 0.25) is 0 Å². The summed E-state index contributed by atoms with van der Waals surface area (Å²) in [7, 11) is -0.672. The molecule has 1 aromatic rings. The molecule has 5 nitrogen and oxygen atoms in total. The molecular weight excluding hydrogens is 248 g/mol. The van der Waals surface area contributed by atoms with E-state index in [1.165, 1.54) is 6.20 Å². The Bertz CT molecular complexity index is 409. The molecule has 0 spiro atoms. The minimum atomic E-state index is -0.949. The summed E-state index contributed by atoms with van der Waals surface area (Å²) < 4.78 is 11.1. The summed E-state index contributed by atoms with van der Waals surface area (Å²) >= 11 is 1.14. The third-order valence-corrected chi connectivity index (χ3v) is 4.73. The molecule has 2 rings (SSSR count). The van der Waals surface area contributed by atoms with E-state index in [1.807, 2.05) is 0 Å². The van der Waals surface area contributed by atoms with Gasteiger partial charge in [0.05, 0.1) is 6.20 Å². The van der Waals surface area contributed by atoms with E-state index in [1.54, 1.807) is 0 Å². The maximum absolute atomic E-state index is 11.1. The highest BCUT2D eigenvalue weighted by Gasteiger charge is 2.19. The predicted octanol–water partition coefficient (Wildman–Crippen LogP) is 1.16. The summed E-state index contributed by atoms with van der Waals surface area (Å²) in [5, 5.41) is 12.6. The normalized spacial score (nSPS) is 25.2. The Morgan fingerprint density at radius 3 is 2.81 bits per heavy atom. The Morgan fingerprint density at radius 1 is 1.56 bits per heavy atom. The van der Waals surface area contributed by atoms with Gasteiger partial charge in [-0.1, -0.05) is 11.3 Å². The Morgan fingerprint density at radius 2 is 2.25 bits per heavy atom. The maximum Gasteiger partial charge on any atom is 0.347 e. The van der Waals surface area contributed by atoms with Crippen LogP contribution in [0, 0.1) is 0 Å². The fourth-order valence-electron chi connectivity index (χ4n) is 1.55. The molecule has 0 radical (unpaired) electrons. The second-order valence-electron chi connectivity index (χ2n) is 3.60. The van der Waals surface area contributed by atoms with E-state index in [2.05, 4.69) is 10.3 Å². The lowest BCUT2D eigenvalue weighted by Crippen LogP contribution is -2.29. The molecule has 2 heterocycles. The first-order valence-electron chi connectivity index (χ1n) is 4.96. The van der Waals surface area contributed by atoms with Crippen LogP contribution in [-0.2, 0) is 10.8 Å². The number of hydrogen-bond donors (Lipinski definition) is 2. The van der Waals surface area contributed by atoms with E-state index in [9.17, 15) is 9.00 Å². The molecule has 88 valence electrons. The lowest BCUT2D eigenvalue weighted by atomic mass is 10.2. The van der Waals surface area contributed by atoms with Gasteiger partial charge in [0.25, 0.3) is 0 Å². The summed E-state index contributed by atoms with van der Waals surface area (Å²) in [6.45, 7) is 0. The first kappa shape index (κ1) is 11.5. The van der Waals surface area contributed by atoms with Crippen molar-refractivity contribution in [3.63, 3.8) is 0 Å². The van der Waals surface area contributed by atoms with Crippen LogP contribution in [0.1, 0.15) is 22.5 Å². The molecule has 0 amide bonds. The molecule has 0 atom stereocenters. The van der Waals surface area contributed by atoms with Gasteiger partial charge in [0.15, 0.2) is 5.13 Å². The Hall–Kier alpha value is -0.950. The molecule has 1 aliphatic heterocycles. The standard InChI is InChI=1S/C9H12N2O3S2/c12-8(13)7-5-10-9(15-7)11-6-1-3-16(14)4-2-6/h5-6H,1-4H2,(H,10,11)(H,12,13). The van der Waals surface area contributed by atoms with Crippen LogP contribution in [0.3, 0.4) is 0 Å². The van der Waals surface area contributed by atoms with E-state index in [0.717, 1.165) is 35.7 Å². The second kappa shape index (κ2) is 4.92. The van der Waals surface area contributed by atoms with Crippen LogP contribution in [0.4, 0.5) is 5.13 Å². The zero-order valence-corrected chi connectivity index (χ0v) is 10.1. The fourth-order valence-corrected chi connectivity index (χ4v) is 3.58. The predicted molar refractivity (Wildman–Crippen MR) is 63.6 cm³/mol. The highest BCUT2D eigenvalue weighted by Crippen LogP contribution is 2.21. The molecule has 0 aliphatic carbocycles. The number of anilines is 1. The van der Waals surface area contributed by atoms with Crippen molar-refractivity contribution in [2.45, 2.75) is 18.9 Å². The van der Waals surface area contributed by atoms with E-state index in [-0.39, 0.29) is 10.9 Å². The van der Waals surface area contributed by atoms with Crippen LogP contribution in [0.15, 0.2) is 6.20 Å². The molecule has 1 aromatic heterocycles. The molecular formula is C9H12N2O3S2. The fraction of sp³-hybridized carbons (Fsp3) is 0.556. The summed E-state index contributed by atoms with van der Waals surface area (Å²) in [5.74, 6) is 0.485. The lowest BCUT2D eigenvalue weighted by Gasteiger charge is -2.21. The van der Waals surface area contributed by atoms with Crippen molar-refractivity contribution in [2.24, 2.45) is 0 Å². The monoisotopic (exact) mass is 260 g/mol. The van der Waals surface area contributed by atoms with Gasteiger partial charge in [-0.2, -0.15) is 0 Å². The SMILES string of the molecule is O=C(O)c1cnc(NC2CCS(=O)CC2)s1. The third kappa shape index (κ3) is 2.79. The summed E-state index contributed by atoms with van der Waals surface area (Å²) in [6, 6.07) is 0.269. The van der Waals surface area contributed by atoms with E-state index in [0.29, 0.717) is 5.13 Å². The van der Waals surface area contributed by atoms with Gasteiger partial charge in [0, 0.05) is 28.3 Å². The molecule has 7 heteroatoms. The molecule has 1 fully saturated rings. The number of hydrogen-bond acceptors (Lipinski definition) is 5. The molecule has 0 saturated carbocycles. The van der Waals surface area contributed by atoms with Gasteiger partial charge in [-0.15, -0.1) is 0 Å². The number of carbonyl (C=O) groups is 1. The number of rotatable bonds is 3. The van der Waals surface area contributed by atoms with E-state index in [4.69, 9.17) is 5.11 Å². The van der Waals surface area contributed by atoms with Crippen LogP contribution in [0.5, 0.6) is 0 Å². The molecule has 2 N–H and O–H groups in total. The average molecular weight is 260 g/mol. The Balaban J connectivity index is 1.93. The quantitative estimate of drug-likeness (QED) is 0.852. The number of carboxylic acids is 1. The van der Waals surface area contributed by atoms with Crippen molar-refractivity contribution in [1.82, 2.24) is 4.98 Å². The van der Waals surface area contributed by atoms with Crippen molar-refractivity contribution in [1.29, 1.82) is 0 Å². The van der Waals surface area contributed by atoms with Crippen molar-refractivity contribution < 1.29 is 14.1 Å². The highest BCUT2D eigenvalue weighted by atomic mass is 32.2. The van der Waals surface area contributed by atoms with Crippen molar-refractivity contribution in [3.05, 3.63) is 11.1 Å². The summed E-state index contributed by atoms with van der Waals surface area (Å²) in [4.78, 5) is 14.9. The molecule has 0 bridgehead atoms. The smallest absolute Gasteiger partial charge is 0.347 e. The number of aromatic carboxylic acids is 1. The zero-order chi connectivity index (χ0) is 11.5. The minimum Gasteiger partial charge on any atom is -0.477 e. The largest absolute Gasteiger partial charge is 0.477 e. The lowest BCUT2D eigenvalue weighted by molar-refractivity contribution is 0.0702. The number of nitrogens with one attached hydrogen (secondary N) is 1. The number of nitrogens with zero attached hydrogens (tertiary/aromatic N) is 1. The van der Waals surface area contributed by atoms with Crippen LogP contribution >= 0.6 is 11.3 Å². The van der Waals surface area contributed by atoms with Gasteiger partial charge in [-0.05, 0) is 12.8 Å². The van der Waals surface area contributed by atoms with Gasteiger partial charge in [0.1, 0.15) is 4.88 Å². The second-order valence-corrected chi connectivity index (χ2v) is 6.33. The molecule has 1 saturated heterocycles. The molecule has 16 heavy (non-hydrogen) atoms. The van der Waals surface area contributed by atoms with Crippen LogP contribution in [0.2, 0.25) is 0 Å². The van der Waals surface area contributed by atoms with Crippen LogP contribution in [0.25, 0.3) is 0 Å². The number of aromatic nitrogens is 1. The zero-order valence-electron chi connectivity index (χ0n) is 8.51. The van der Waals surface area contributed by atoms with Gasteiger partial charge < -0.3 is 10.4 Å². The van der Waals surface area contributed by atoms with Crippen molar-refractivity contribution >= 4 is 33.2 Å². The molecule has 1 aliphatic rings. The first-order valence-corrected chi connectivity index (χ1v) is 7.26. The summed E-state index contributed by atoms with van der Waals surface area (Å²) in [5.41, 5.74) is 0. The Labute approximate surface area is 99.4 Å². The van der Waals surface area contributed by atoms with Gasteiger partial charge >= 0.3 is 5.97 Å². The highest BCUT2D eigenvalue weighted by molar-refractivity contribution is 7.85. The van der Waals surface area contributed by atoms with Crippen molar-refractivity contribution in [3.8, 4) is 0 Å². The summed E-state index contributed by atoms with van der Waals surface area (Å²) in [6.07, 6.45) is 3.07. The molecule has 0 aromatic carbocycles. The van der Waals surface area contributed by atoms with E-state index < -0.39 is 16.8 Å². The minimum absolute atomic E-state index is 0.238. The number of thiazole rings is 1. The third-order valence-electron chi connectivity index (χ3n) is 2.43. The van der Waals surface area contributed by atoms with Crippen LogP contribution < -0.4 is 5.32 Å². The topological polar surface area (TPSA) is 79.3 Å². The van der Waals surface area contributed by atoms with Crippen molar-refractivity contribution in [2.75, 3.05) is 16.8 Å². The van der Waals surface area contributed by atoms with Gasteiger partial charge in [-0.3, -0.25) is 4.21 Å². The Kier molecular flexibility index (Phi) is 3.55. The van der Waals surface area contributed by atoms with Gasteiger partial charge in [-0.25, -0.2) is 9.78 Å². The number of carboxylic acid groups (broad SMARTS) is 1.